The van der Waals surface area contributed by atoms with Crippen LogP contribution in [-0.2, 0) is 5.75 Å². The zero-order valence-corrected chi connectivity index (χ0v) is 11.5. The molecule has 0 spiro atoms. The maximum Gasteiger partial charge on any atom is 0.175 e. The van der Waals surface area contributed by atoms with E-state index in [-0.39, 0.29) is 11.0 Å². The van der Waals surface area contributed by atoms with Crippen LogP contribution in [-0.4, -0.2) is 11.0 Å². The molecular formula is C14H13ClO2S. The largest absolute Gasteiger partial charge is 0.468 e. The summed E-state index contributed by atoms with van der Waals surface area (Å²) in [5, 5.41) is 0.470. The molecule has 4 heteroatoms. The molecule has 0 saturated carbocycles. The standard InChI is InChI=1S/C14H13ClO2S/c1-10(18-9-13-6-3-7-17-13)14(16)11-4-2-5-12(15)8-11/h2-8,10H,9H2,1H3. The van der Waals surface area contributed by atoms with Crippen LogP contribution in [0.4, 0.5) is 0 Å². The van der Waals surface area contributed by atoms with Crippen LogP contribution >= 0.6 is 23.4 Å². The van der Waals surface area contributed by atoms with Crippen molar-refractivity contribution in [1.82, 2.24) is 0 Å². The smallest absolute Gasteiger partial charge is 0.175 e. The van der Waals surface area contributed by atoms with E-state index < -0.39 is 0 Å². The molecule has 1 aromatic carbocycles. The van der Waals surface area contributed by atoms with E-state index in [2.05, 4.69) is 0 Å². The third-order valence-corrected chi connectivity index (χ3v) is 3.93. The molecule has 1 atom stereocenters. The molecule has 0 aliphatic heterocycles. The maximum atomic E-state index is 12.1. The van der Waals surface area contributed by atoms with E-state index >= 15 is 0 Å². The van der Waals surface area contributed by atoms with Gasteiger partial charge in [0.15, 0.2) is 5.78 Å². The van der Waals surface area contributed by atoms with Crippen LogP contribution in [0.5, 0.6) is 0 Å². The first-order valence-electron chi connectivity index (χ1n) is 5.60. The van der Waals surface area contributed by atoms with Crippen LogP contribution in [0, 0.1) is 0 Å². The molecule has 94 valence electrons. The van der Waals surface area contributed by atoms with Gasteiger partial charge in [-0.25, -0.2) is 0 Å². The van der Waals surface area contributed by atoms with Crippen molar-refractivity contribution in [2.75, 3.05) is 0 Å². The fraction of sp³-hybridized carbons (Fsp3) is 0.214. The summed E-state index contributed by atoms with van der Waals surface area (Å²) in [4.78, 5) is 12.1. The van der Waals surface area contributed by atoms with Crippen LogP contribution in [0.1, 0.15) is 23.0 Å². The number of ketones is 1. The lowest BCUT2D eigenvalue weighted by molar-refractivity contribution is 0.0994. The molecule has 1 unspecified atom stereocenters. The van der Waals surface area contributed by atoms with E-state index in [9.17, 15) is 4.79 Å². The van der Waals surface area contributed by atoms with Crippen molar-refractivity contribution in [3.8, 4) is 0 Å². The summed E-state index contributed by atoms with van der Waals surface area (Å²) < 4.78 is 5.24. The Morgan fingerprint density at radius 3 is 2.89 bits per heavy atom. The summed E-state index contributed by atoms with van der Waals surface area (Å²) in [6, 6.07) is 10.8. The highest BCUT2D eigenvalue weighted by Gasteiger charge is 2.16. The molecule has 0 aliphatic rings. The van der Waals surface area contributed by atoms with Gasteiger partial charge in [0.05, 0.1) is 17.3 Å². The summed E-state index contributed by atoms with van der Waals surface area (Å²) in [6.45, 7) is 1.90. The number of carbonyl (C=O) groups is 1. The van der Waals surface area contributed by atoms with Gasteiger partial charge in [0.25, 0.3) is 0 Å². The number of carbonyl (C=O) groups excluding carboxylic acids is 1. The Bertz CT molecular complexity index is 522. The summed E-state index contributed by atoms with van der Waals surface area (Å²) in [5.74, 6) is 1.67. The lowest BCUT2D eigenvalue weighted by Crippen LogP contribution is -2.13. The minimum absolute atomic E-state index is 0.0917. The summed E-state index contributed by atoms with van der Waals surface area (Å²) in [5.41, 5.74) is 0.655. The highest BCUT2D eigenvalue weighted by molar-refractivity contribution is 7.99. The highest BCUT2D eigenvalue weighted by Crippen LogP contribution is 2.22. The van der Waals surface area contributed by atoms with Crippen molar-refractivity contribution in [3.63, 3.8) is 0 Å². The lowest BCUT2D eigenvalue weighted by atomic mass is 10.1. The predicted molar refractivity (Wildman–Crippen MR) is 75.2 cm³/mol. The minimum atomic E-state index is -0.117. The van der Waals surface area contributed by atoms with Gasteiger partial charge in [0, 0.05) is 10.6 Å². The van der Waals surface area contributed by atoms with E-state index in [1.807, 2.05) is 19.1 Å². The van der Waals surface area contributed by atoms with Gasteiger partial charge in [-0.1, -0.05) is 23.7 Å². The van der Waals surface area contributed by atoms with Crippen LogP contribution in [0.25, 0.3) is 0 Å². The number of thioether (sulfide) groups is 1. The zero-order valence-electron chi connectivity index (χ0n) is 9.93. The molecule has 0 radical (unpaired) electrons. The molecule has 0 saturated heterocycles. The molecule has 0 N–H and O–H groups in total. The quantitative estimate of drug-likeness (QED) is 0.759. The summed E-state index contributed by atoms with van der Waals surface area (Å²) in [6.07, 6.45) is 1.64. The second-order valence-corrected chi connectivity index (χ2v) is 5.67. The number of hydrogen-bond acceptors (Lipinski definition) is 3. The number of benzene rings is 1. The molecule has 1 heterocycles. The molecule has 2 aromatic rings. The molecule has 2 nitrogen and oxygen atoms in total. The van der Waals surface area contributed by atoms with Gasteiger partial charge in [0.2, 0.25) is 0 Å². The number of furan rings is 1. The average molecular weight is 281 g/mol. The van der Waals surface area contributed by atoms with Crippen LogP contribution < -0.4 is 0 Å². The lowest BCUT2D eigenvalue weighted by Gasteiger charge is -2.09. The van der Waals surface area contributed by atoms with E-state index in [0.29, 0.717) is 16.3 Å². The highest BCUT2D eigenvalue weighted by atomic mass is 35.5. The van der Waals surface area contributed by atoms with Crippen molar-refractivity contribution in [2.24, 2.45) is 0 Å². The van der Waals surface area contributed by atoms with Crippen molar-refractivity contribution < 1.29 is 9.21 Å². The SMILES string of the molecule is CC(SCc1ccco1)C(=O)c1cccc(Cl)c1. The Hall–Kier alpha value is -1.19. The predicted octanol–water partition coefficient (Wildman–Crippen LogP) is 4.44. The molecule has 18 heavy (non-hydrogen) atoms. The Labute approximate surface area is 115 Å². The van der Waals surface area contributed by atoms with Crippen LogP contribution in [0.3, 0.4) is 0 Å². The number of halogens is 1. The third-order valence-electron chi connectivity index (χ3n) is 2.53. The fourth-order valence-electron chi connectivity index (χ4n) is 1.55. The summed E-state index contributed by atoms with van der Waals surface area (Å²) in [7, 11) is 0. The molecular weight excluding hydrogens is 268 g/mol. The van der Waals surface area contributed by atoms with E-state index in [4.69, 9.17) is 16.0 Å². The van der Waals surface area contributed by atoms with E-state index in [1.165, 1.54) is 0 Å². The van der Waals surface area contributed by atoms with Crippen LogP contribution in [0.15, 0.2) is 47.1 Å². The Morgan fingerprint density at radius 1 is 1.39 bits per heavy atom. The molecule has 2 rings (SSSR count). The normalized spacial score (nSPS) is 12.3. The Kier molecular flexibility index (Phi) is 4.50. The van der Waals surface area contributed by atoms with Gasteiger partial charge < -0.3 is 4.42 Å². The molecule has 0 fully saturated rings. The van der Waals surface area contributed by atoms with E-state index in [1.54, 1.807) is 42.3 Å². The first-order valence-corrected chi connectivity index (χ1v) is 7.03. The Balaban J connectivity index is 1.96. The second-order valence-electron chi connectivity index (χ2n) is 3.91. The Morgan fingerprint density at radius 2 is 2.22 bits per heavy atom. The third kappa shape index (κ3) is 3.40. The monoisotopic (exact) mass is 280 g/mol. The maximum absolute atomic E-state index is 12.1. The average Bonchev–Trinajstić information content (AvgIpc) is 2.88. The molecule has 0 aliphatic carbocycles. The fourth-order valence-corrected chi connectivity index (χ4v) is 2.61. The topological polar surface area (TPSA) is 30.2 Å². The van der Waals surface area contributed by atoms with Crippen molar-refractivity contribution in [1.29, 1.82) is 0 Å². The molecule has 0 bridgehead atoms. The molecule has 1 aromatic heterocycles. The molecule has 0 amide bonds. The van der Waals surface area contributed by atoms with Gasteiger partial charge in [-0.2, -0.15) is 0 Å². The number of Topliss-reactive ketones (excluding diaryl/α,β-unsaturated/α-hetero) is 1. The van der Waals surface area contributed by atoms with Gasteiger partial charge in [-0.3, -0.25) is 4.79 Å². The number of rotatable bonds is 5. The first-order chi connectivity index (χ1) is 8.66. The minimum Gasteiger partial charge on any atom is -0.468 e. The first kappa shape index (κ1) is 13.2. The number of hydrogen-bond donors (Lipinski definition) is 0. The zero-order chi connectivity index (χ0) is 13.0. The van der Waals surface area contributed by atoms with Gasteiger partial charge in [-0.05, 0) is 31.2 Å². The van der Waals surface area contributed by atoms with Crippen LogP contribution in [0.2, 0.25) is 5.02 Å². The van der Waals surface area contributed by atoms with Crippen molar-refractivity contribution in [2.45, 2.75) is 17.9 Å². The van der Waals surface area contributed by atoms with Gasteiger partial charge in [0.1, 0.15) is 5.76 Å². The van der Waals surface area contributed by atoms with Gasteiger partial charge in [-0.15, -0.1) is 11.8 Å². The second kappa shape index (κ2) is 6.12. The summed E-state index contributed by atoms with van der Waals surface area (Å²) >= 11 is 7.43. The van der Waals surface area contributed by atoms with Crippen molar-refractivity contribution >= 4 is 29.1 Å². The van der Waals surface area contributed by atoms with Crippen molar-refractivity contribution in [3.05, 3.63) is 59.0 Å². The van der Waals surface area contributed by atoms with E-state index in [0.717, 1.165) is 5.76 Å². The van der Waals surface area contributed by atoms with Gasteiger partial charge >= 0.3 is 0 Å².